The van der Waals surface area contributed by atoms with Crippen molar-refractivity contribution in [3.63, 3.8) is 0 Å². The predicted molar refractivity (Wildman–Crippen MR) is 66.0 cm³/mol. The topological polar surface area (TPSA) is 17.1 Å². The van der Waals surface area contributed by atoms with Crippen LogP contribution in [0.2, 0.25) is 0 Å². The number of benzene rings is 1. The van der Waals surface area contributed by atoms with Crippen LogP contribution in [0.1, 0.15) is 10.4 Å². The quantitative estimate of drug-likeness (QED) is 0.463. The molecule has 0 aliphatic heterocycles. The molecular formula is C11H11BrOS. The molecule has 0 atom stereocenters. The summed E-state index contributed by atoms with van der Waals surface area (Å²) in [5.41, 5.74) is 0.760. The molecule has 0 bridgehead atoms. The number of thioether (sulfide) groups is 1. The van der Waals surface area contributed by atoms with Gasteiger partial charge in [-0.25, -0.2) is 0 Å². The van der Waals surface area contributed by atoms with Crippen LogP contribution in [0.25, 0.3) is 0 Å². The number of halogens is 1. The van der Waals surface area contributed by atoms with Crippen molar-refractivity contribution in [2.45, 2.75) is 0 Å². The molecule has 1 aromatic rings. The maximum Gasteiger partial charge on any atom is 0.172 e. The van der Waals surface area contributed by atoms with Crippen molar-refractivity contribution < 1.29 is 4.79 Å². The lowest BCUT2D eigenvalue weighted by molar-refractivity contribution is 0.102. The summed E-state index contributed by atoms with van der Waals surface area (Å²) in [6.07, 6.45) is 1.80. The van der Waals surface area contributed by atoms with Crippen molar-refractivity contribution in [1.82, 2.24) is 0 Å². The number of hydrogen-bond donors (Lipinski definition) is 0. The molecule has 0 heterocycles. The molecule has 74 valence electrons. The van der Waals surface area contributed by atoms with E-state index in [9.17, 15) is 4.79 Å². The number of carbonyl (C=O) groups excluding carboxylic acids is 1. The summed E-state index contributed by atoms with van der Waals surface area (Å²) in [6, 6.07) is 7.46. The molecule has 0 fully saturated rings. The lowest BCUT2D eigenvalue weighted by Crippen LogP contribution is -2.02. The molecule has 0 unspecified atom stereocenters. The molecule has 0 saturated heterocycles. The van der Waals surface area contributed by atoms with Gasteiger partial charge in [0.25, 0.3) is 0 Å². The van der Waals surface area contributed by atoms with Gasteiger partial charge in [-0.15, -0.1) is 18.3 Å². The first-order valence-electron chi connectivity index (χ1n) is 4.21. The number of rotatable bonds is 5. The van der Waals surface area contributed by atoms with Crippen LogP contribution in [0, 0.1) is 0 Å². The smallest absolute Gasteiger partial charge is 0.172 e. The highest BCUT2D eigenvalue weighted by Crippen LogP contribution is 2.13. The van der Waals surface area contributed by atoms with Gasteiger partial charge in [-0.2, -0.15) is 0 Å². The molecule has 14 heavy (non-hydrogen) atoms. The Hall–Kier alpha value is -0.540. The highest BCUT2D eigenvalue weighted by Gasteiger charge is 2.04. The van der Waals surface area contributed by atoms with Gasteiger partial charge in [0.2, 0.25) is 0 Å². The van der Waals surface area contributed by atoms with Gasteiger partial charge in [0, 0.05) is 15.8 Å². The van der Waals surface area contributed by atoms with E-state index in [1.165, 1.54) is 0 Å². The van der Waals surface area contributed by atoms with E-state index in [1.54, 1.807) is 17.8 Å². The average Bonchev–Trinajstić information content (AvgIpc) is 2.18. The van der Waals surface area contributed by atoms with Gasteiger partial charge in [0.1, 0.15) is 0 Å². The van der Waals surface area contributed by atoms with Crippen molar-refractivity contribution in [2.75, 3.05) is 11.5 Å². The van der Waals surface area contributed by atoms with Crippen molar-refractivity contribution >= 4 is 33.5 Å². The summed E-state index contributed by atoms with van der Waals surface area (Å²) in [6.45, 7) is 3.60. The number of ketones is 1. The fourth-order valence-corrected chi connectivity index (χ4v) is 2.02. The second kappa shape index (κ2) is 6.04. The molecule has 3 heteroatoms. The van der Waals surface area contributed by atoms with E-state index in [-0.39, 0.29) is 5.78 Å². The van der Waals surface area contributed by atoms with Gasteiger partial charge in [0.15, 0.2) is 5.78 Å². The molecular weight excluding hydrogens is 260 g/mol. The molecule has 0 N–H and O–H groups in total. The van der Waals surface area contributed by atoms with Crippen LogP contribution >= 0.6 is 27.7 Å². The summed E-state index contributed by atoms with van der Waals surface area (Å²) < 4.78 is 0.942. The van der Waals surface area contributed by atoms with Crippen LogP contribution in [0.15, 0.2) is 41.4 Å². The van der Waals surface area contributed by atoms with E-state index in [0.29, 0.717) is 5.75 Å². The standard InChI is InChI=1S/C11H11BrOS/c1-2-6-14-8-11(13)9-4-3-5-10(12)7-9/h2-5,7H,1,6,8H2. The summed E-state index contributed by atoms with van der Waals surface area (Å²) in [7, 11) is 0. The second-order valence-corrected chi connectivity index (χ2v) is 4.68. The van der Waals surface area contributed by atoms with Gasteiger partial charge < -0.3 is 0 Å². The van der Waals surface area contributed by atoms with Crippen molar-refractivity contribution in [3.8, 4) is 0 Å². The van der Waals surface area contributed by atoms with Crippen molar-refractivity contribution in [2.24, 2.45) is 0 Å². The molecule has 0 aliphatic rings. The minimum atomic E-state index is 0.165. The third-order valence-corrected chi connectivity index (χ3v) is 3.05. The van der Waals surface area contributed by atoms with Gasteiger partial charge in [-0.3, -0.25) is 4.79 Å². The molecule has 0 aromatic heterocycles. The molecule has 1 rings (SSSR count). The Kier molecular flexibility index (Phi) is 4.98. The highest BCUT2D eigenvalue weighted by atomic mass is 79.9. The lowest BCUT2D eigenvalue weighted by Gasteiger charge is -2.00. The summed E-state index contributed by atoms with van der Waals surface area (Å²) in [5, 5.41) is 0. The normalized spacial score (nSPS) is 9.79. The van der Waals surface area contributed by atoms with Crippen molar-refractivity contribution in [1.29, 1.82) is 0 Å². The number of hydrogen-bond acceptors (Lipinski definition) is 2. The molecule has 1 aromatic carbocycles. The molecule has 0 radical (unpaired) electrons. The molecule has 0 aliphatic carbocycles. The van der Waals surface area contributed by atoms with Crippen LogP contribution in [0.4, 0.5) is 0 Å². The van der Waals surface area contributed by atoms with Crippen LogP contribution < -0.4 is 0 Å². The van der Waals surface area contributed by atoms with Crippen molar-refractivity contribution in [3.05, 3.63) is 47.0 Å². The largest absolute Gasteiger partial charge is 0.293 e. The van der Waals surface area contributed by atoms with E-state index >= 15 is 0 Å². The second-order valence-electron chi connectivity index (χ2n) is 2.74. The highest BCUT2D eigenvalue weighted by molar-refractivity contribution is 9.10. The average molecular weight is 271 g/mol. The van der Waals surface area contributed by atoms with E-state index < -0.39 is 0 Å². The lowest BCUT2D eigenvalue weighted by atomic mass is 10.2. The first-order valence-corrected chi connectivity index (χ1v) is 6.16. The van der Waals surface area contributed by atoms with Crippen LogP contribution in [-0.2, 0) is 0 Å². The van der Waals surface area contributed by atoms with E-state index in [1.807, 2.05) is 24.3 Å². The third kappa shape index (κ3) is 3.68. The van der Waals surface area contributed by atoms with Gasteiger partial charge in [-0.1, -0.05) is 34.1 Å². The van der Waals surface area contributed by atoms with E-state index in [0.717, 1.165) is 15.8 Å². The maximum absolute atomic E-state index is 11.6. The van der Waals surface area contributed by atoms with Crippen LogP contribution in [0.3, 0.4) is 0 Å². The minimum absolute atomic E-state index is 0.165. The zero-order valence-corrected chi connectivity index (χ0v) is 10.1. The summed E-state index contributed by atoms with van der Waals surface area (Å²) in [4.78, 5) is 11.6. The predicted octanol–water partition coefficient (Wildman–Crippen LogP) is 3.55. The Bertz CT molecular complexity index is 336. The fourth-order valence-electron chi connectivity index (χ4n) is 0.980. The zero-order chi connectivity index (χ0) is 10.4. The van der Waals surface area contributed by atoms with Gasteiger partial charge >= 0.3 is 0 Å². The monoisotopic (exact) mass is 270 g/mol. The summed E-state index contributed by atoms with van der Waals surface area (Å²) >= 11 is 4.92. The summed E-state index contributed by atoms with van der Waals surface area (Å²) in [5.74, 6) is 1.50. The fraction of sp³-hybridized carbons (Fsp3) is 0.182. The Balaban J connectivity index is 2.56. The molecule has 1 nitrogen and oxygen atoms in total. The Morgan fingerprint density at radius 1 is 1.57 bits per heavy atom. The number of Topliss-reactive ketones (excluding diaryl/α,β-unsaturated/α-hetero) is 1. The Morgan fingerprint density at radius 2 is 2.36 bits per heavy atom. The van der Waals surface area contributed by atoms with E-state index in [2.05, 4.69) is 22.5 Å². The molecule has 0 amide bonds. The van der Waals surface area contributed by atoms with E-state index in [4.69, 9.17) is 0 Å². The first-order chi connectivity index (χ1) is 6.74. The van der Waals surface area contributed by atoms with Crippen LogP contribution in [0.5, 0.6) is 0 Å². The van der Waals surface area contributed by atoms with Crippen LogP contribution in [-0.4, -0.2) is 17.3 Å². The third-order valence-electron chi connectivity index (χ3n) is 1.62. The SMILES string of the molecule is C=CCSCC(=O)c1cccc(Br)c1. The minimum Gasteiger partial charge on any atom is -0.293 e. The zero-order valence-electron chi connectivity index (χ0n) is 7.70. The first kappa shape index (κ1) is 11.5. The number of carbonyl (C=O) groups is 1. The maximum atomic E-state index is 11.6. The Labute approximate surface area is 96.7 Å². The van der Waals surface area contributed by atoms with Gasteiger partial charge in [0.05, 0.1) is 5.75 Å². The molecule has 0 saturated carbocycles. The van der Waals surface area contributed by atoms with Gasteiger partial charge in [-0.05, 0) is 12.1 Å². The molecule has 0 spiro atoms. The Morgan fingerprint density at radius 3 is 3.00 bits per heavy atom.